The van der Waals surface area contributed by atoms with Crippen molar-refractivity contribution in [2.45, 2.75) is 57.3 Å². The van der Waals surface area contributed by atoms with E-state index in [-0.39, 0.29) is 56.9 Å². The number of nitrogens with two attached hydrogens (primary N) is 1. The summed E-state index contributed by atoms with van der Waals surface area (Å²) in [5.41, 5.74) is 2.43. The summed E-state index contributed by atoms with van der Waals surface area (Å²) in [6.07, 6.45) is -5.03. The zero-order valence-electron chi connectivity index (χ0n) is 22.8. The summed E-state index contributed by atoms with van der Waals surface area (Å²) in [6, 6.07) is 10.5. The molecule has 2 N–H and O–H groups in total. The van der Waals surface area contributed by atoms with Crippen LogP contribution in [0.15, 0.2) is 58.1 Å². The average molecular weight is 591 g/mol. The second-order valence-corrected chi connectivity index (χ2v) is 10.4. The van der Waals surface area contributed by atoms with Gasteiger partial charge >= 0.3 is 18.0 Å². The largest absolute Gasteiger partial charge is 0.450 e. The third kappa shape index (κ3) is 5.34. The van der Waals surface area contributed by atoms with Gasteiger partial charge in [-0.25, -0.2) is 14.0 Å². The Kier molecular flexibility index (Phi) is 7.99. The van der Waals surface area contributed by atoms with Gasteiger partial charge in [0.25, 0.3) is 5.56 Å². The first kappa shape index (κ1) is 29.5. The second-order valence-electron chi connectivity index (χ2n) is 10.4. The van der Waals surface area contributed by atoms with E-state index in [2.05, 4.69) is 0 Å². The molecule has 3 aromatic rings. The molecule has 1 saturated heterocycles. The molecule has 1 spiro atoms. The number of halogens is 4. The van der Waals surface area contributed by atoms with Crippen LogP contribution in [0, 0.1) is 5.82 Å². The maximum atomic E-state index is 14.9. The maximum Gasteiger partial charge on any atom is 0.416 e. The van der Waals surface area contributed by atoms with E-state index in [1.165, 1.54) is 4.90 Å². The van der Waals surface area contributed by atoms with E-state index in [0.717, 1.165) is 27.3 Å². The number of carbonyl (C=O) groups excluding carboxylic acids is 1. The number of ether oxygens (including phenoxy) is 2. The number of likely N-dealkylation sites (tertiary alicyclic amines) is 1. The monoisotopic (exact) mass is 590 g/mol. The van der Waals surface area contributed by atoms with E-state index >= 15 is 0 Å². The summed E-state index contributed by atoms with van der Waals surface area (Å²) >= 11 is 0. The molecular formula is C29H30F4N4O5. The summed E-state index contributed by atoms with van der Waals surface area (Å²) in [7, 11) is 0. The predicted octanol–water partition coefficient (Wildman–Crippen LogP) is 3.89. The van der Waals surface area contributed by atoms with E-state index < -0.39 is 58.7 Å². The minimum atomic E-state index is -4.88. The number of amides is 1. The van der Waals surface area contributed by atoms with Gasteiger partial charge in [-0.3, -0.25) is 13.9 Å². The van der Waals surface area contributed by atoms with E-state index in [1.807, 2.05) is 0 Å². The van der Waals surface area contributed by atoms with Crippen molar-refractivity contribution in [2.24, 2.45) is 5.73 Å². The fourth-order valence-corrected chi connectivity index (χ4v) is 5.76. The van der Waals surface area contributed by atoms with Crippen molar-refractivity contribution in [3.8, 4) is 0 Å². The van der Waals surface area contributed by atoms with Crippen molar-refractivity contribution in [1.82, 2.24) is 14.0 Å². The molecule has 1 fully saturated rings. The molecule has 13 heteroatoms. The highest BCUT2D eigenvalue weighted by Crippen LogP contribution is 2.43. The van der Waals surface area contributed by atoms with Crippen LogP contribution in [-0.4, -0.2) is 39.8 Å². The Hall–Kier alpha value is -3.97. The number of carbonyl (C=O) groups is 1. The molecule has 0 radical (unpaired) electrons. The van der Waals surface area contributed by atoms with Crippen LogP contribution in [0.1, 0.15) is 53.8 Å². The van der Waals surface area contributed by atoms with Gasteiger partial charge in [-0.1, -0.05) is 36.4 Å². The van der Waals surface area contributed by atoms with Crippen molar-refractivity contribution in [3.05, 3.63) is 103 Å². The molecule has 2 aromatic carbocycles. The number of hydrogen-bond acceptors (Lipinski definition) is 6. The van der Waals surface area contributed by atoms with Crippen LogP contribution in [0.25, 0.3) is 0 Å². The molecule has 42 heavy (non-hydrogen) atoms. The number of hydrogen-bond donors (Lipinski definition) is 1. The third-order valence-electron chi connectivity index (χ3n) is 7.92. The Balaban J connectivity index is 1.64. The van der Waals surface area contributed by atoms with Gasteiger partial charge in [-0.15, -0.1) is 0 Å². The SMILES string of the molecule is CCOC(=O)N1CCC2(CC1)OCc1c2c(=O)n(C[C@H](N)c2ccccc2)c(=O)n1Cc1c(F)cccc1C(F)(F)F. The Morgan fingerprint density at radius 3 is 2.40 bits per heavy atom. The molecule has 2 aliphatic heterocycles. The molecule has 224 valence electrons. The molecule has 2 aliphatic rings. The summed E-state index contributed by atoms with van der Waals surface area (Å²) < 4.78 is 69.6. The van der Waals surface area contributed by atoms with E-state index in [9.17, 15) is 31.9 Å². The zero-order chi connectivity index (χ0) is 30.2. The lowest BCUT2D eigenvalue weighted by Gasteiger charge is -2.38. The molecule has 0 aliphatic carbocycles. The topological polar surface area (TPSA) is 109 Å². The predicted molar refractivity (Wildman–Crippen MR) is 143 cm³/mol. The highest BCUT2D eigenvalue weighted by Gasteiger charge is 2.48. The number of piperidine rings is 1. The lowest BCUT2D eigenvalue weighted by atomic mass is 9.85. The molecule has 0 bridgehead atoms. The van der Waals surface area contributed by atoms with Gasteiger partial charge in [0.2, 0.25) is 0 Å². The lowest BCUT2D eigenvalue weighted by Crippen LogP contribution is -2.50. The van der Waals surface area contributed by atoms with Crippen molar-refractivity contribution < 1.29 is 31.8 Å². The molecule has 5 rings (SSSR count). The van der Waals surface area contributed by atoms with Gasteiger partial charge in [0.05, 0.1) is 43.1 Å². The normalized spacial score (nSPS) is 16.9. The molecule has 1 atom stereocenters. The van der Waals surface area contributed by atoms with Crippen LogP contribution in [0.4, 0.5) is 22.4 Å². The van der Waals surface area contributed by atoms with Crippen molar-refractivity contribution >= 4 is 6.09 Å². The van der Waals surface area contributed by atoms with Crippen LogP contribution >= 0.6 is 0 Å². The first-order valence-corrected chi connectivity index (χ1v) is 13.5. The number of rotatable bonds is 6. The van der Waals surface area contributed by atoms with Crippen LogP contribution < -0.4 is 17.0 Å². The number of nitrogens with zero attached hydrogens (tertiary/aromatic N) is 3. The number of alkyl halides is 3. The van der Waals surface area contributed by atoms with E-state index in [0.29, 0.717) is 5.56 Å². The molecular weight excluding hydrogens is 560 g/mol. The Labute approximate surface area is 238 Å². The van der Waals surface area contributed by atoms with Crippen molar-refractivity contribution in [1.29, 1.82) is 0 Å². The lowest BCUT2D eigenvalue weighted by molar-refractivity contribution is -0.138. The molecule has 1 aromatic heterocycles. The summed E-state index contributed by atoms with van der Waals surface area (Å²) in [4.78, 5) is 41.6. The molecule has 0 saturated carbocycles. The quantitative estimate of drug-likeness (QED) is 0.437. The minimum Gasteiger partial charge on any atom is -0.450 e. The Morgan fingerprint density at radius 1 is 1.07 bits per heavy atom. The molecule has 1 amide bonds. The molecule has 9 nitrogen and oxygen atoms in total. The first-order chi connectivity index (χ1) is 20.0. The summed E-state index contributed by atoms with van der Waals surface area (Å²) in [6.45, 7) is 0.940. The van der Waals surface area contributed by atoms with E-state index in [1.54, 1.807) is 37.3 Å². The second kappa shape index (κ2) is 11.4. The van der Waals surface area contributed by atoms with Crippen LogP contribution in [-0.2, 0) is 40.9 Å². The maximum absolute atomic E-state index is 14.9. The van der Waals surface area contributed by atoms with Gasteiger partial charge in [0.15, 0.2) is 0 Å². The number of benzene rings is 2. The Bertz CT molecular complexity index is 1590. The zero-order valence-corrected chi connectivity index (χ0v) is 22.8. The van der Waals surface area contributed by atoms with Crippen LogP contribution in [0.5, 0.6) is 0 Å². The van der Waals surface area contributed by atoms with Gasteiger partial charge in [0, 0.05) is 24.7 Å². The van der Waals surface area contributed by atoms with Crippen molar-refractivity contribution in [3.63, 3.8) is 0 Å². The van der Waals surface area contributed by atoms with E-state index in [4.69, 9.17) is 15.2 Å². The smallest absolute Gasteiger partial charge is 0.416 e. The molecule has 3 heterocycles. The summed E-state index contributed by atoms with van der Waals surface area (Å²) in [5, 5.41) is 0. The van der Waals surface area contributed by atoms with Crippen LogP contribution in [0.3, 0.4) is 0 Å². The fraction of sp³-hybridized carbons (Fsp3) is 0.414. The minimum absolute atomic E-state index is 0.0792. The van der Waals surface area contributed by atoms with Crippen LogP contribution in [0.2, 0.25) is 0 Å². The third-order valence-corrected chi connectivity index (χ3v) is 7.92. The van der Waals surface area contributed by atoms with Gasteiger partial charge in [0.1, 0.15) is 11.4 Å². The van der Waals surface area contributed by atoms with Gasteiger partial charge in [-0.05, 0) is 37.5 Å². The van der Waals surface area contributed by atoms with Gasteiger partial charge in [-0.2, -0.15) is 13.2 Å². The summed E-state index contributed by atoms with van der Waals surface area (Å²) in [5.74, 6) is -1.14. The number of aromatic nitrogens is 2. The fourth-order valence-electron chi connectivity index (χ4n) is 5.76. The number of fused-ring (bicyclic) bond motifs is 2. The van der Waals surface area contributed by atoms with Gasteiger partial charge < -0.3 is 20.1 Å². The standard InChI is InChI=1S/C29H30F4N4O5/c1-2-41-27(40)35-13-11-28(12-14-35)24-23(17-42-28)36(15-19-20(29(31,32)33)9-6-10-21(19)30)26(39)37(25(24)38)16-22(34)18-7-4-3-5-8-18/h3-10,22H,2,11-17,34H2,1H3/t22-/m0/s1. The Morgan fingerprint density at radius 2 is 1.76 bits per heavy atom. The average Bonchev–Trinajstić information content (AvgIpc) is 3.32. The van der Waals surface area contributed by atoms with Crippen molar-refractivity contribution in [2.75, 3.05) is 19.7 Å². The highest BCUT2D eigenvalue weighted by molar-refractivity contribution is 5.67. The first-order valence-electron chi connectivity index (χ1n) is 13.5. The molecule has 0 unspecified atom stereocenters. The highest BCUT2D eigenvalue weighted by atomic mass is 19.4.